The Balaban J connectivity index is 1.43. The van der Waals surface area contributed by atoms with E-state index in [9.17, 15) is 4.79 Å². The smallest absolute Gasteiger partial charge is 0.315 e. The van der Waals surface area contributed by atoms with Gasteiger partial charge in [-0.2, -0.15) is 11.8 Å². The largest absolute Gasteiger partial charge is 0.444 e. The van der Waals surface area contributed by atoms with E-state index in [0.717, 1.165) is 35.6 Å². The summed E-state index contributed by atoms with van der Waals surface area (Å²) in [7, 11) is 0. The van der Waals surface area contributed by atoms with Crippen molar-refractivity contribution >= 4 is 17.8 Å². The normalized spacial score (nSPS) is 15.2. The number of hydrogen-bond donors (Lipinski definition) is 2. The first-order chi connectivity index (χ1) is 11.7. The Morgan fingerprint density at radius 3 is 2.79 bits per heavy atom. The van der Waals surface area contributed by atoms with Crippen molar-refractivity contribution < 1.29 is 9.21 Å². The number of urea groups is 1. The molecular formula is C18H23N3O2S. The van der Waals surface area contributed by atoms with Crippen LogP contribution in [-0.2, 0) is 6.42 Å². The van der Waals surface area contributed by atoms with E-state index in [2.05, 4.69) is 15.6 Å². The molecule has 0 atom stereocenters. The van der Waals surface area contributed by atoms with Crippen LogP contribution >= 0.6 is 11.8 Å². The molecule has 1 fully saturated rings. The molecule has 128 valence electrons. The first-order valence-electron chi connectivity index (χ1n) is 8.34. The van der Waals surface area contributed by atoms with Crippen LogP contribution in [0.15, 0.2) is 34.9 Å². The summed E-state index contributed by atoms with van der Waals surface area (Å²) < 4.78 is 5.53. The highest BCUT2D eigenvalue weighted by Gasteiger charge is 2.15. The zero-order chi connectivity index (χ0) is 16.8. The number of aromatic nitrogens is 1. The first-order valence-corrected chi connectivity index (χ1v) is 9.50. The molecule has 0 spiro atoms. The molecule has 0 bridgehead atoms. The van der Waals surface area contributed by atoms with Gasteiger partial charge in [-0.05, 0) is 43.4 Å². The van der Waals surface area contributed by atoms with Crippen LogP contribution < -0.4 is 10.6 Å². The molecule has 0 radical (unpaired) electrons. The molecule has 2 heterocycles. The minimum absolute atomic E-state index is 0.0887. The summed E-state index contributed by atoms with van der Waals surface area (Å²) in [6.07, 6.45) is 4.43. The zero-order valence-electron chi connectivity index (χ0n) is 13.9. The number of carbonyl (C=O) groups is 1. The Labute approximate surface area is 146 Å². The fourth-order valence-electron chi connectivity index (χ4n) is 2.63. The van der Waals surface area contributed by atoms with Crippen molar-refractivity contribution in [2.24, 2.45) is 0 Å². The van der Waals surface area contributed by atoms with Gasteiger partial charge in [0.25, 0.3) is 0 Å². The van der Waals surface area contributed by atoms with Gasteiger partial charge >= 0.3 is 6.03 Å². The Morgan fingerprint density at radius 1 is 1.29 bits per heavy atom. The number of oxazole rings is 1. The van der Waals surface area contributed by atoms with E-state index >= 15 is 0 Å². The van der Waals surface area contributed by atoms with E-state index in [0.29, 0.717) is 24.9 Å². The average Bonchev–Trinajstić information content (AvgIpc) is 3.05. The lowest BCUT2D eigenvalue weighted by molar-refractivity contribution is 0.236. The number of benzene rings is 1. The van der Waals surface area contributed by atoms with Gasteiger partial charge < -0.3 is 15.1 Å². The van der Waals surface area contributed by atoms with Crippen LogP contribution in [0.4, 0.5) is 4.79 Å². The highest BCUT2D eigenvalue weighted by molar-refractivity contribution is 7.99. The van der Waals surface area contributed by atoms with Crippen LogP contribution in [0, 0.1) is 6.92 Å². The van der Waals surface area contributed by atoms with E-state index < -0.39 is 0 Å². The maximum atomic E-state index is 11.9. The lowest BCUT2D eigenvalue weighted by atomic mass is 10.1. The topological polar surface area (TPSA) is 67.2 Å². The van der Waals surface area contributed by atoms with Gasteiger partial charge in [0.15, 0.2) is 0 Å². The minimum atomic E-state index is -0.0887. The number of thioether (sulfide) groups is 1. The lowest BCUT2D eigenvalue weighted by Crippen LogP contribution is -2.44. The van der Waals surface area contributed by atoms with Crippen molar-refractivity contribution in [2.45, 2.75) is 32.2 Å². The number of carbonyl (C=O) groups excluding carboxylic acids is 1. The molecule has 1 aliphatic rings. The number of rotatable bonds is 5. The van der Waals surface area contributed by atoms with E-state index in [1.54, 1.807) is 6.26 Å². The van der Waals surface area contributed by atoms with Gasteiger partial charge in [-0.25, -0.2) is 9.78 Å². The van der Waals surface area contributed by atoms with Gasteiger partial charge in [0.05, 0.1) is 5.69 Å². The Bertz CT molecular complexity index is 663. The number of amides is 2. The Hall–Kier alpha value is -1.95. The number of aryl methyl sites for hydroxylation is 1. The average molecular weight is 345 g/mol. The summed E-state index contributed by atoms with van der Waals surface area (Å²) in [6.45, 7) is 2.60. The molecule has 24 heavy (non-hydrogen) atoms. The fraction of sp³-hybridized carbons (Fsp3) is 0.444. The quantitative estimate of drug-likeness (QED) is 0.872. The second-order valence-corrected chi connectivity index (χ2v) is 7.27. The van der Waals surface area contributed by atoms with Gasteiger partial charge in [0, 0.05) is 24.6 Å². The minimum Gasteiger partial charge on any atom is -0.444 e. The summed E-state index contributed by atoms with van der Waals surface area (Å²) in [5.41, 5.74) is 3.02. The molecule has 1 aliphatic heterocycles. The van der Waals surface area contributed by atoms with Crippen LogP contribution in [0.25, 0.3) is 11.5 Å². The van der Waals surface area contributed by atoms with Gasteiger partial charge in [0.2, 0.25) is 5.89 Å². The van der Waals surface area contributed by atoms with E-state index in [-0.39, 0.29) is 6.03 Å². The van der Waals surface area contributed by atoms with Crippen LogP contribution in [0.3, 0.4) is 0 Å². The van der Waals surface area contributed by atoms with E-state index in [1.807, 2.05) is 43.0 Å². The van der Waals surface area contributed by atoms with E-state index in [1.165, 1.54) is 5.56 Å². The molecular weight excluding hydrogens is 322 g/mol. The first kappa shape index (κ1) is 16.9. The van der Waals surface area contributed by atoms with Crippen molar-refractivity contribution in [3.8, 4) is 11.5 Å². The summed E-state index contributed by atoms with van der Waals surface area (Å²) in [6, 6.07) is 8.29. The number of hydrogen-bond acceptors (Lipinski definition) is 4. The monoisotopic (exact) mass is 345 g/mol. The van der Waals surface area contributed by atoms with E-state index in [4.69, 9.17) is 4.42 Å². The zero-order valence-corrected chi connectivity index (χ0v) is 14.7. The molecule has 6 heteroatoms. The molecule has 0 saturated carbocycles. The summed E-state index contributed by atoms with van der Waals surface area (Å²) in [4.78, 5) is 16.4. The summed E-state index contributed by atoms with van der Waals surface area (Å²) in [5, 5.41) is 5.93. The SMILES string of the molecule is Cc1ccc(-c2nc(CCNC(=O)NC3CCSCC3)co2)cc1. The predicted octanol–water partition coefficient (Wildman–Crippen LogP) is 3.39. The molecule has 0 unspecified atom stereocenters. The standard InChI is InChI=1S/C18H23N3O2S/c1-13-2-4-14(5-3-13)17-20-16(12-23-17)6-9-19-18(22)21-15-7-10-24-11-8-15/h2-5,12,15H,6-11H2,1H3,(H2,19,21,22). The molecule has 2 aromatic rings. The second kappa shape index (κ2) is 8.24. The van der Waals surface area contributed by atoms with Crippen molar-refractivity contribution in [1.82, 2.24) is 15.6 Å². The predicted molar refractivity (Wildman–Crippen MR) is 97.3 cm³/mol. The Kier molecular flexibility index (Phi) is 5.80. The van der Waals surface area contributed by atoms with Crippen LogP contribution in [-0.4, -0.2) is 35.1 Å². The van der Waals surface area contributed by atoms with Gasteiger partial charge in [-0.15, -0.1) is 0 Å². The molecule has 1 aromatic heterocycles. The van der Waals surface area contributed by atoms with Crippen molar-refractivity contribution in [3.05, 3.63) is 41.8 Å². The maximum absolute atomic E-state index is 11.9. The number of nitrogens with zero attached hydrogens (tertiary/aromatic N) is 1. The van der Waals surface area contributed by atoms with Crippen molar-refractivity contribution in [3.63, 3.8) is 0 Å². The van der Waals surface area contributed by atoms with Gasteiger partial charge in [-0.1, -0.05) is 17.7 Å². The Morgan fingerprint density at radius 2 is 2.04 bits per heavy atom. The van der Waals surface area contributed by atoms with Crippen molar-refractivity contribution in [1.29, 1.82) is 0 Å². The second-order valence-electron chi connectivity index (χ2n) is 6.05. The summed E-state index contributed by atoms with van der Waals surface area (Å²) >= 11 is 1.95. The molecule has 0 aliphatic carbocycles. The van der Waals surface area contributed by atoms with Gasteiger partial charge in [-0.3, -0.25) is 0 Å². The van der Waals surface area contributed by atoms with Crippen molar-refractivity contribution in [2.75, 3.05) is 18.1 Å². The fourth-order valence-corrected chi connectivity index (χ4v) is 3.74. The third-order valence-electron chi connectivity index (χ3n) is 4.07. The third kappa shape index (κ3) is 4.77. The molecule has 2 amide bonds. The third-order valence-corrected chi connectivity index (χ3v) is 5.12. The molecule has 2 N–H and O–H groups in total. The highest BCUT2D eigenvalue weighted by Crippen LogP contribution is 2.19. The highest BCUT2D eigenvalue weighted by atomic mass is 32.2. The molecule has 5 nitrogen and oxygen atoms in total. The maximum Gasteiger partial charge on any atom is 0.315 e. The number of nitrogens with one attached hydrogen (secondary N) is 2. The molecule has 1 saturated heterocycles. The van der Waals surface area contributed by atoms with Crippen LogP contribution in [0.1, 0.15) is 24.1 Å². The molecule has 1 aromatic carbocycles. The van der Waals surface area contributed by atoms with Gasteiger partial charge in [0.1, 0.15) is 6.26 Å². The lowest BCUT2D eigenvalue weighted by Gasteiger charge is -2.22. The van der Waals surface area contributed by atoms with Crippen LogP contribution in [0.2, 0.25) is 0 Å². The summed E-state index contributed by atoms with van der Waals surface area (Å²) in [5.74, 6) is 2.88. The van der Waals surface area contributed by atoms with Crippen LogP contribution in [0.5, 0.6) is 0 Å². The molecule has 3 rings (SSSR count).